The zero-order chi connectivity index (χ0) is 15.2. The van der Waals surface area contributed by atoms with Gasteiger partial charge in [0.05, 0.1) is 12.2 Å². The van der Waals surface area contributed by atoms with Gasteiger partial charge in [-0.1, -0.05) is 6.92 Å². The number of likely N-dealkylation sites (N-methyl/N-ethyl adjacent to an activating group) is 1. The van der Waals surface area contributed by atoms with E-state index in [1.807, 2.05) is 13.8 Å². The van der Waals surface area contributed by atoms with E-state index in [9.17, 15) is 9.90 Å². The molecule has 1 amide bonds. The lowest BCUT2D eigenvalue weighted by Crippen LogP contribution is -2.42. The van der Waals surface area contributed by atoms with E-state index in [1.54, 1.807) is 43.0 Å². The van der Waals surface area contributed by atoms with Crippen LogP contribution in [0.25, 0.3) is 0 Å². The lowest BCUT2D eigenvalue weighted by molar-refractivity contribution is 0.0314. The van der Waals surface area contributed by atoms with Gasteiger partial charge in [-0.2, -0.15) is 0 Å². The van der Waals surface area contributed by atoms with Crippen molar-refractivity contribution in [2.24, 2.45) is 0 Å². The first-order valence-corrected chi connectivity index (χ1v) is 7.12. The summed E-state index contributed by atoms with van der Waals surface area (Å²) in [6, 6.07) is 7.14. The molecule has 1 aromatic carbocycles. The van der Waals surface area contributed by atoms with E-state index in [0.717, 1.165) is 12.2 Å². The molecule has 1 rings (SSSR count). The Morgan fingerprint density at radius 2 is 1.85 bits per heavy atom. The maximum Gasteiger partial charge on any atom is 0.253 e. The van der Waals surface area contributed by atoms with Crippen LogP contribution in [0.4, 0.5) is 0 Å². The van der Waals surface area contributed by atoms with Gasteiger partial charge in [-0.3, -0.25) is 4.79 Å². The van der Waals surface area contributed by atoms with Crippen LogP contribution in [0.2, 0.25) is 0 Å². The second-order valence-electron chi connectivity index (χ2n) is 5.50. The molecule has 0 atom stereocenters. The molecule has 1 N–H and O–H groups in total. The number of benzene rings is 1. The highest BCUT2D eigenvalue weighted by Gasteiger charge is 2.22. The number of amides is 1. The molecular formula is C16H25NO3. The van der Waals surface area contributed by atoms with Crippen molar-refractivity contribution in [3.63, 3.8) is 0 Å². The van der Waals surface area contributed by atoms with Gasteiger partial charge in [0.1, 0.15) is 5.75 Å². The topological polar surface area (TPSA) is 49.8 Å². The summed E-state index contributed by atoms with van der Waals surface area (Å²) in [5.74, 6) is 0.700. The molecular weight excluding hydrogens is 254 g/mol. The fraction of sp³-hybridized carbons (Fsp3) is 0.562. The molecule has 0 heterocycles. The largest absolute Gasteiger partial charge is 0.494 e. The van der Waals surface area contributed by atoms with Crippen LogP contribution in [0.3, 0.4) is 0 Å². The summed E-state index contributed by atoms with van der Waals surface area (Å²) in [5.41, 5.74) is -0.282. The molecule has 4 heteroatoms. The molecule has 0 aliphatic rings. The highest BCUT2D eigenvalue weighted by atomic mass is 16.5. The number of rotatable bonds is 7. The van der Waals surface area contributed by atoms with E-state index in [1.165, 1.54) is 0 Å². The molecule has 0 spiro atoms. The summed E-state index contributed by atoms with van der Waals surface area (Å²) in [6.45, 7) is 8.91. The average molecular weight is 279 g/mol. The van der Waals surface area contributed by atoms with Crippen LogP contribution in [0, 0.1) is 0 Å². The van der Waals surface area contributed by atoms with E-state index < -0.39 is 5.60 Å². The fourth-order valence-corrected chi connectivity index (χ4v) is 1.89. The van der Waals surface area contributed by atoms with Crippen molar-refractivity contribution in [3.8, 4) is 5.75 Å². The zero-order valence-electron chi connectivity index (χ0n) is 12.8. The highest BCUT2D eigenvalue weighted by molar-refractivity contribution is 5.94. The van der Waals surface area contributed by atoms with Crippen LogP contribution < -0.4 is 4.74 Å². The molecule has 112 valence electrons. The molecule has 4 nitrogen and oxygen atoms in total. The summed E-state index contributed by atoms with van der Waals surface area (Å²) in [6.07, 6.45) is 0.954. The summed E-state index contributed by atoms with van der Waals surface area (Å²) in [4.78, 5) is 14.0. The summed E-state index contributed by atoms with van der Waals surface area (Å²) >= 11 is 0. The van der Waals surface area contributed by atoms with E-state index in [0.29, 0.717) is 25.3 Å². The van der Waals surface area contributed by atoms with Gasteiger partial charge in [0, 0.05) is 18.7 Å². The number of aliphatic hydroxyl groups is 1. The lowest BCUT2D eigenvalue weighted by Gasteiger charge is -2.28. The van der Waals surface area contributed by atoms with Gasteiger partial charge in [-0.25, -0.2) is 0 Å². The van der Waals surface area contributed by atoms with Crippen molar-refractivity contribution in [1.29, 1.82) is 0 Å². The molecule has 20 heavy (non-hydrogen) atoms. The number of carbonyl (C=O) groups is 1. The third-order valence-corrected chi connectivity index (χ3v) is 2.82. The molecule has 0 radical (unpaired) electrons. The maximum atomic E-state index is 12.4. The fourth-order valence-electron chi connectivity index (χ4n) is 1.89. The second-order valence-corrected chi connectivity index (χ2v) is 5.50. The minimum atomic E-state index is -0.893. The van der Waals surface area contributed by atoms with Gasteiger partial charge < -0.3 is 14.7 Å². The van der Waals surface area contributed by atoms with Crippen LogP contribution in [0.5, 0.6) is 5.75 Å². The first-order chi connectivity index (χ1) is 9.37. The maximum absolute atomic E-state index is 12.4. The molecule has 0 aliphatic carbocycles. The second kappa shape index (κ2) is 7.29. The van der Waals surface area contributed by atoms with Crippen LogP contribution in [0.15, 0.2) is 24.3 Å². The molecule has 0 saturated carbocycles. The van der Waals surface area contributed by atoms with E-state index in [2.05, 4.69) is 0 Å². The minimum absolute atomic E-state index is 0.0725. The van der Waals surface area contributed by atoms with Gasteiger partial charge in [0.25, 0.3) is 5.91 Å². The Labute approximate surface area is 121 Å². The molecule has 0 aliphatic heterocycles. The molecule has 1 aromatic rings. The summed E-state index contributed by atoms with van der Waals surface area (Å²) < 4.78 is 5.49. The first-order valence-electron chi connectivity index (χ1n) is 7.12. The highest BCUT2D eigenvalue weighted by Crippen LogP contribution is 2.15. The Balaban J connectivity index is 2.75. The predicted molar refractivity (Wildman–Crippen MR) is 80.1 cm³/mol. The van der Waals surface area contributed by atoms with Gasteiger partial charge in [-0.05, 0) is 51.5 Å². The van der Waals surface area contributed by atoms with E-state index in [-0.39, 0.29) is 5.91 Å². The predicted octanol–water partition coefficient (Wildman–Crippen LogP) is 2.71. The molecule has 0 saturated heterocycles. The minimum Gasteiger partial charge on any atom is -0.494 e. The number of hydrogen-bond donors (Lipinski definition) is 1. The Hall–Kier alpha value is -1.55. The SMILES string of the molecule is CCCOc1ccc(C(=O)N(CC)CC(C)(C)O)cc1. The smallest absolute Gasteiger partial charge is 0.253 e. The van der Waals surface area contributed by atoms with E-state index in [4.69, 9.17) is 4.74 Å². The van der Waals surface area contributed by atoms with Crippen molar-refractivity contribution >= 4 is 5.91 Å². The number of ether oxygens (including phenoxy) is 1. The van der Waals surface area contributed by atoms with Gasteiger partial charge in [0.15, 0.2) is 0 Å². The average Bonchev–Trinajstić information content (AvgIpc) is 2.41. The van der Waals surface area contributed by atoms with Crippen LogP contribution >= 0.6 is 0 Å². The van der Waals surface area contributed by atoms with Crippen LogP contribution in [-0.4, -0.2) is 41.2 Å². The Morgan fingerprint density at radius 1 is 1.25 bits per heavy atom. The van der Waals surface area contributed by atoms with Crippen LogP contribution in [0.1, 0.15) is 44.5 Å². The van der Waals surface area contributed by atoms with Crippen molar-refractivity contribution in [1.82, 2.24) is 4.90 Å². The Kier molecular flexibility index (Phi) is 6.02. The van der Waals surface area contributed by atoms with Crippen molar-refractivity contribution in [2.45, 2.75) is 39.7 Å². The monoisotopic (exact) mass is 279 g/mol. The Morgan fingerprint density at radius 3 is 2.30 bits per heavy atom. The van der Waals surface area contributed by atoms with Gasteiger partial charge in [-0.15, -0.1) is 0 Å². The van der Waals surface area contributed by atoms with Gasteiger partial charge in [0.2, 0.25) is 0 Å². The van der Waals surface area contributed by atoms with Crippen molar-refractivity contribution in [3.05, 3.63) is 29.8 Å². The third-order valence-electron chi connectivity index (χ3n) is 2.82. The zero-order valence-corrected chi connectivity index (χ0v) is 12.8. The van der Waals surface area contributed by atoms with Crippen molar-refractivity contribution in [2.75, 3.05) is 19.7 Å². The van der Waals surface area contributed by atoms with E-state index >= 15 is 0 Å². The number of nitrogens with zero attached hydrogens (tertiary/aromatic N) is 1. The molecule has 0 bridgehead atoms. The lowest BCUT2D eigenvalue weighted by atomic mass is 10.1. The summed E-state index contributed by atoms with van der Waals surface area (Å²) in [7, 11) is 0. The molecule has 0 fully saturated rings. The normalized spacial score (nSPS) is 11.2. The van der Waals surface area contributed by atoms with Crippen LogP contribution in [-0.2, 0) is 0 Å². The molecule has 0 unspecified atom stereocenters. The quantitative estimate of drug-likeness (QED) is 0.835. The third kappa shape index (κ3) is 5.21. The van der Waals surface area contributed by atoms with Crippen molar-refractivity contribution < 1.29 is 14.6 Å². The van der Waals surface area contributed by atoms with Gasteiger partial charge >= 0.3 is 0 Å². The Bertz CT molecular complexity index is 420. The molecule has 0 aromatic heterocycles. The number of carbonyl (C=O) groups excluding carboxylic acids is 1. The summed E-state index contributed by atoms with van der Waals surface area (Å²) in [5, 5.41) is 9.84. The number of hydrogen-bond acceptors (Lipinski definition) is 3. The first kappa shape index (κ1) is 16.5. The standard InChI is InChI=1S/C16H25NO3/c1-5-11-20-14-9-7-13(8-10-14)15(18)17(6-2)12-16(3,4)19/h7-10,19H,5-6,11-12H2,1-4H3.